The molecule has 1 heterocycles. The molecule has 0 aliphatic carbocycles. The van der Waals surface area contributed by atoms with Crippen LogP contribution in [-0.2, 0) is 30.9 Å². The predicted octanol–water partition coefficient (Wildman–Crippen LogP) is 1.62. The standard InChI is InChI=1S/C20H22ClN3O6S/c1-29-18-7-4-15(12-17(18)21)23-20(26)19(25)22-13-14-2-5-16(6-3-14)31(27,28)24-8-10-30-11-9-24/h2-7,12H,8-11,13H2,1H3,(H,22,25)(H,23,26). The first-order chi connectivity index (χ1) is 14.8. The Kier molecular flexibility index (Phi) is 7.50. The van der Waals surface area contributed by atoms with E-state index in [9.17, 15) is 18.0 Å². The number of hydrogen-bond donors (Lipinski definition) is 2. The van der Waals surface area contributed by atoms with Gasteiger partial charge in [-0.05, 0) is 35.9 Å². The van der Waals surface area contributed by atoms with Crippen molar-refractivity contribution in [3.8, 4) is 5.75 Å². The van der Waals surface area contributed by atoms with Crippen molar-refractivity contribution in [3.63, 3.8) is 0 Å². The number of carbonyl (C=O) groups is 2. The van der Waals surface area contributed by atoms with Gasteiger partial charge < -0.3 is 20.1 Å². The van der Waals surface area contributed by atoms with Crippen molar-refractivity contribution < 1.29 is 27.5 Å². The van der Waals surface area contributed by atoms with E-state index in [2.05, 4.69) is 10.6 Å². The molecular weight excluding hydrogens is 446 g/mol. The van der Waals surface area contributed by atoms with Crippen LogP contribution in [0, 0.1) is 0 Å². The van der Waals surface area contributed by atoms with Crippen LogP contribution in [0.1, 0.15) is 5.56 Å². The van der Waals surface area contributed by atoms with Crippen molar-refractivity contribution in [3.05, 3.63) is 53.1 Å². The molecule has 1 aliphatic rings. The van der Waals surface area contributed by atoms with Gasteiger partial charge >= 0.3 is 11.8 Å². The van der Waals surface area contributed by atoms with E-state index in [4.69, 9.17) is 21.1 Å². The Hall–Kier alpha value is -2.66. The summed E-state index contributed by atoms with van der Waals surface area (Å²) in [5.74, 6) is -1.24. The van der Waals surface area contributed by atoms with Crippen molar-refractivity contribution in [2.45, 2.75) is 11.4 Å². The van der Waals surface area contributed by atoms with Gasteiger partial charge in [-0.1, -0.05) is 23.7 Å². The summed E-state index contributed by atoms with van der Waals surface area (Å²) in [6.45, 7) is 1.43. The Bertz CT molecular complexity index is 1050. The number of halogens is 1. The van der Waals surface area contributed by atoms with Gasteiger partial charge in [0.25, 0.3) is 0 Å². The number of methoxy groups -OCH3 is 1. The number of amides is 2. The summed E-state index contributed by atoms with van der Waals surface area (Å²) in [6, 6.07) is 10.7. The highest BCUT2D eigenvalue weighted by Gasteiger charge is 2.26. The van der Waals surface area contributed by atoms with Crippen molar-refractivity contribution in [2.75, 3.05) is 38.7 Å². The molecule has 9 nitrogen and oxygen atoms in total. The number of nitrogens with zero attached hydrogens (tertiary/aromatic N) is 1. The van der Waals surface area contributed by atoms with Crippen LogP contribution in [0.4, 0.5) is 5.69 Å². The van der Waals surface area contributed by atoms with E-state index in [1.165, 1.54) is 29.6 Å². The second kappa shape index (κ2) is 10.1. The molecule has 0 unspecified atom stereocenters. The van der Waals surface area contributed by atoms with Crippen molar-refractivity contribution in [1.29, 1.82) is 0 Å². The van der Waals surface area contributed by atoms with Crippen LogP contribution >= 0.6 is 11.6 Å². The molecule has 0 radical (unpaired) electrons. The Balaban J connectivity index is 1.55. The molecule has 0 saturated carbocycles. The third-order valence-electron chi connectivity index (χ3n) is 4.60. The molecule has 166 valence electrons. The predicted molar refractivity (Wildman–Crippen MR) is 115 cm³/mol. The number of hydrogen-bond acceptors (Lipinski definition) is 6. The van der Waals surface area contributed by atoms with Gasteiger partial charge in [-0.15, -0.1) is 0 Å². The van der Waals surface area contributed by atoms with Crippen LogP contribution in [0.5, 0.6) is 5.75 Å². The van der Waals surface area contributed by atoms with E-state index in [-0.39, 0.29) is 11.4 Å². The number of ether oxygens (including phenoxy) is 2. The highest BCUT2D eigenvalue weighted by Crippen LogP contribution is 2.27. The molecule has 31 heavy (non-hydrogen) atoms. The van der Waals surface area contributed by atoms with Crippen molar-refractivity contribution in [2.24, 2.45) is 0 Å². The largest absolute Gasteiger partial charge is 0.495 e. The molecule has 2 aromatic carbocycles. The van der Waals surface area contributed by atoms with Gasteiger partial charge in [0.15, 0.2) is 0 Å². The maximum atomic E-state index is 12.6. The van der Waals surface area contributed by atoms with Crippen LogP contribution in [0.15, 0.2) is 47.4 Å². The zero-order chi connectivity index (χ0) is 22.4. The number of carbonyl (C=O) groups excluding carboxylic acids is 2. The Labute approximate surface area is 185 Å². The van der Waals surface area contributed by atoms with Gasteiger partial charge in [-0.3, -0.25) is 9.59 Å². The molecule has 2 amide bonds. The molecule has 0 bridgehead atoms. The number of sulfonamides is 1. The molecule has 1 aliphatic heterocycles. The number of benzene rings is 2. The van der Waals surface area contributed by atoms with Crippen LogP contribution in [-0.4, -0.2) is 58.0 Å². The van der Waals surface area contributed by atoms with E-state index in [1.807, 2.05) is 0 Å². The fourth-order valence-electron chi connectivity index (χ4n) is 2.91. The first kappa shape index (κ1) is 23.0. The minimum atomic E-state index is -3.58. The molecule has 2 N–H and O–H groups in total. The zero-order valence-electron chi connectivity index (χ0n) is 16.8. The van der Waals surface area contributed by atoms with E-state index >= 15 is 0 Å². The topological polar surface area (TPSA) is 114 Å². The third-order valence-corrected chi connectivity index (χ3v) is 6.81. The monoisotopic (exact) mass is 467 g/mol. The quantitative estimate of drug-likeness (QED) is 0.624. The maximum Gasteiger partial charge on any atom is 0.313 e. The van der Waals surface area contributed by atoms with Crippen LogP contribution in [0.25, 0.3) is 0 Å². The van der Waals surface area contributed by atoms with E-state index in [1.54, 1.807) is 24.3 Å². The highest BCUT2D eigenvalue weighted by atomic mass is 35.5. The Morgan fingerprint density at radius 3 is 2.39 bits per heavy atom. The van der Waals surface area contributed by atoms with E-state index in [0.717, 1.165) is 0 Å². The summed E-state index contributed by atoms with van der Waals surface area (Å²) in [4.78, 5) is 24.3. The zero-order valence-corrected chi connectivity index (χ0v) is 18.3. The van der Waals surface area contributed by atoms with Crippen molar-refractivity contribution >= 4 is 39.1 Å². The lowest BCUT2D eigenvalue weighted by Crippen LogP contribution is -2.40. The fourth-order valence-corrected chi connectivity index (χ4v) is 4.58. The molecule has 11 heteroatoms. The minimum absolute atomic E-state index is 0.0630. The average Bonchev–Trinajstić information content (AvgIpc) is 2.78. The van der Waals surface area contributed by atoms with E-state index < -0.39 is 21.8 Å². The van der Waals surface area contributed by atoms with Crippen molar-refractivity contribution in [1.82, 2.24) is 9.62 Å². The van der Waals surface area contributed by atoms with Gasteiger partial charge in [0.1, 0.15) is 5.75 Å². The van der Waals surface area contributed by atoms with Gasteiger partial charge in [0, 0.05) is 25.3 Å². The second-order valence-corrected chi connectivity index (χ2v) is 8.99. The lowest BCUT2D eigenvalue weighted by molar-refractivity contribution is -0.136. The van der Waals surface area contributed by atoms with Gasteiger partial charge in [-0.2, -0.15) is 4.31 Å². The SMILES string of the molecule is COc1ccc(NC(=O)C(=O)NCc2ccc(S(=O)(=O)N3CCOCC3)cc2)cc1Cl. The van der Waals surface area contributed by atoms with Crippen LogP contribution in [0.2, 0.25) is 5.02 Å². The third kappa shape index (κ3) is 5.73. The smallest absolute Gasteiger partial charge is 0.313 e. The normalized spacial score (nSPS) is 14.6. The molecular formula is C20H22ClN3O6S. The second-order valence-electron chi connectivity index (χ2n) is 6.65. The molecule has 1 saturated heterocycles. The summed E-state index contributed by atoms with van der Waals surface area (Å²) < 4.78 is 36.8. The number of anilines is 1. The Morgan fingerprint density at radius 2 is 1.77 bits per heavy atom. The van der Waals surface area contributed by atoms with Gasteiger partial charge in [0.05, 0.1) is 30.2 Å². The van der Waals surface area contributed by atoms with Gasteiger partial charge in [0.2, 0.25) is 10.0 Å². The fraction of sp³-hybridized carbons (Fsp3) is 0.300. The summed E-state index contributed by atoms with van der Waals surface area (Å²) >= 11 is 6.00. The maximum absolute atomic E-state index is 12.6. The van der Waals surface area contributed by atoms with Gasteiger partial charge in [-0.25, -0.2) is 8.42 Å². The summed E-state index contributed by atoms with van der Waals surface area (Å²) in [5, 5.41) is 5.24. The summed E-state index contributed by atoms with van der Waals surface area (Å²) in [5.41, 5.74) is 0.998. The minimum Gasteiger partial charge on any atom is -0.495 e. The molecule has 0 aromatic heterocycles. The molecule has 2 aromatic rings. The number of rotatable bonds is 6. The Morgan fingerprint density at radius 1 is 1.10 bits per heavy atom. The number of morpholine rings is 1. The summed E-state index contributed by atoms with van der Waals surface area (Å²) in [7, 11) is -2.11. The summed E-state index contributed by atoms with van der Waals surface area (Å²) in [6.07, 6.45) is 0. The lowest BCUT2D eigenvalue weighted by Gasteiger charge is -2.26. The first-order valence-corrected chi connectivity index (χ1v) is 11.2. The van der Waals surface area contributed by atoms with Crippen LogP contribution < -0.4 is 15.4 Å². The molecule has 3 rings (SSSR count). The number of nitrogens with one attached hydrogen (secondary N) is 2. The first-order valence-electron chi connectivity index (χ1n) is 9.41. The molecule has 1 fully saturated rings. The van der Waals surface area contributed by atoms with E-state index in [0.29, 0.717) is 48.3 Å². The van der Waals surface area contributed by atoms with Crippen LogP contribution in [0.3, 0.4) is 0 Å². The molecule has 0 atom stereocenters. The average molecular weight is 468 g/mol. The lowest BCUT2D eigenvalue weighted by atomic mass is 10.2. The highest BCUT2D eigenvalue weighted by molar-refractivity contribution is 7.89. The molecule has 0 spiro atoms.